The average molecular weight is 435 g/mol. The molecule has 25 heavy (non-hydrogen) atoms. The van der Waals surface area contributed by atoms with Crippen LogP contribution in [0.3, 0.4) is 0 Å². The number of rotatable bonds is 6. The first-order valence-electron chi connectivity index (χ1n) is 8.20. The molecule has 1 aromatic rings. The molecule has 0 saturated carbocycles. The Morgan fingerprint density at radius 2 is 2.08 bits per heavy atom. The van der Waals surface area contributed by atoms with Crippen LogP contribution in [0, 0.1) is 5.92 Å². The molecule has 1 heterocycles. The van der Waals surface area contributed by atoms with Gasteiger partial charge >= 0.3 is 0 Å². The van der Waals surface area contributed by atoms with Crippen LogP contribution in [-0.2, 0) is 9.59 Å². The van der Waals surface area contributed by atoms with Crippen LogP contribution >= 0.6 is 28.3 Å². The Kier molecular flexibility index (Phi) is 9.24. The highest BCUT2D eigenvalue weighted by atomic mass is 79.9. The van der Waals surface area contributed by atoms with Gasteiger partial charge in [-0.2, -0.15) is 0 Å². The predicted octanol–water partition coefficient (Wildman–Crippen LogP) is 1.95. The zero-order chi connectivity index (χ0) is 17.5. The summed E-state index contributed by atoms with van der Waals surface area (Å²) < 4.78 is 6.67. The third-order valence-corrected chi connectivity index (χ3v) is 4.55. The first-order chi connectivity index (χ1) is 11.5. The zero-order valence-electron chi connectivity index (χ0n) is 14.2. The number of likely N-dealkylation sites (tertiary alicyclic amines) is 1. The van der Waals surface area contributed by atoms with Gasteiger partial charge in [0.1, 0.15) is 5.75 Å². The Balaban J connectivity index is 0.00000312. The van der Waals surface area contributed by atoms with Gasteiger partial charge in [-0.05, 0) is 44.0 Å². The second-order valence-corrected chi connectivity index (χ2v) is 6.83. The minimum Gasteiger partial charge on any atom is -0.481 e. The number of carbonyl (C=O) groups excluding carboxylic acids is 2. The lowest BCUT2D eigenvalue weighted by Crippen LogP contribution is -2.49. The quantitative estimate of drug-likeness (QED) is 0.717. The van der Waals surface area contributed by atoms with E-state index < -0.39 is 6.10 Å². The van der Waals surface area contributed by atoms with Crippen LogP contribution in [0.2, 0.25) is 0 Å². The predicted molar refractivity (Wildman–Crippen MR) is 103 cm³/mol. The SMILES string of the molecule is CC(Oc1ccc(Br)cc1)C(=O)N1CCCC(C(=O)NCCN)C1.Cl. The van der Waals surface area contributed by atoms with Crippen molar-refractivity contribution in [1.29, 1.82) is 0 Å². The number of benzene rings is 1. The summed E-state index contributed by atoms with van der Waals surface area (Å²) in [5.74, 6) is 0.358. The molecule has 0 radical (unpaired) electrons. The lowest BCUT2D eigenvalue weighted by atomic mass is 9.96. The number of piperidine rings is 1. The average Bonchev–Trinajstić information content (AvgIpc) is 2.61. The van der Waals surface area contributed by atoms with Gasteiger partial charge < -0.3 is 20.7 Å². The van der Waals surface area contributed by atoms with Crippen LogP contribution in [0.4, 0.5) is 0 Å². The fraction of sp³-hybridized carbons (Fsp3) is 0.529. The first-order valence-corrected chi connectivity index (χ1v) is 8.99. The molecule has 8 heteroatoms. The van der Waals surface area contributed by atoms with E-state index >= 15 is 0 Å². The lowest BCUT2D eigenvalue weighted by Gasteiger charge is -2.33. The number of carbonyl (C=O) groups is 2. The maximum absolute atomic E-state index is 12.6. The number of halogens is 2. The minimum atomic E-state index is -0.586. The summed E-state index contributed by atoms with van der Waals surface area (Å²) >= 11 is 3.36. The highest BCUT2D eigenvalue weighted by Crippen LogP contribution is 2.20. The third-order valence-electron chi connectivity index (χ3n) is 4.02. The summed E-state index contributed by atoms with van der Waals surface area (Å²) in [6, 6.07) is 7.36. The molecule has 3 N–H and O–H groups in total. The Bertz CT molecular complexity index is 571. The highest BCUT2D eigenvalue weighted by Gasteiger charge is 2.30. The van der Waals surface area contributed by atoms with Gasteiger partial charge in [0, 0.05) is 30.7 Å². The highest BCUT2D eigenvalue weighted by molar-refractivity contribution is 9.10. The van der Waals surface area contributed by atoms with Gasteiger partial charge in [0.2, 0.25) is 5.91 Å². The molecule has 0 bridgehead atoms. The Morgan fingerprint density at radius 1 is 1.40 bits per heavy atom. The van der Waals surface area contributed by atoms with Gasteiger partial charge in [0.25, 0.3) is 5.91 Å². The largest absolute Gasteiger partial charge is 0.481 e. The van der Waals surface area contributed by atoms with Crippen LogP contribution in [0.5, 0.6) is 5.75 Å². The summed E-state index contributed by atoms with van der Waals surface area (Å²) in [7, 11) is 0. The van der Waals surface area contributed by atoms with Crippen LogP contribution in [0.25, 0.3) is 0 Å². The number of amides is 2. The summed E-state index contributed by atoms with van der Waals surface area (Å²) in [5, 5.41) is 2.80. The molecule has 2 atom stereocenters. The number of hydrogen-bond donors (Lipinski definition) is 2. The molecular formula is C17H25BrClN3O3. The van der Waals surface area contributed by atoms with Crippen molar-refractivity contribution in [2.45, 2.75) is 25.9 Å². The molecule has 1 fully saturated rings. The van der Waals surface area contributed by atoms with Crippen molar-refractivity contribution in [1.82, 2.24) is 10.2 Å². The van der Waals surface area contributed by atoms with E-state index in [0.717, 1.165) is 17.3 Å². The molecule has 0 spiro atoms. The van der Waals surface area contributed by atoms with Gasteiger partial charge in [0.15, 0.2) is 6.10 Å². The van der Waals surface area contributed by atoms with E-state index in [0.29, 0.717) is 31.9 Å². The van der Waals surface area contributed by atoms with Crippen molar-refractivity contribution in [2.75, 3.05) is 26.2 Å². The van der Waals surface area contributed by atoms with E-state index in [4.69, 9.17) is 10.5 Å². The Morgan fingerprint density at radius 3 is 2.72 bits per heavy atom. The maximum atomic E-state index is 12.6. The van der Waals surface area contributed by atoms with E-state index in [1.807, 2.05) is 24.3 Å². The van der Waals surface area contributed by atoms with Gasteiger partial charge in [-0.15, -0.1) is 12.4 Å². The second kappa shape index (κ2) is 10.6. The number of ether oxygens (including phenoxy) is 1. The standard InChI is InChI=1S/C17H24BrN3O3.ClH/c1-12(24-15-6-4-14(18)5-7-15)17(23)21-10-2-3-13(11-21)16(22)20-9-8-19;/h4-7,12-13H,2-3,8-11,19H2,1H3,(H,20,22);1H. The van der Waals surface area contributed by atoms with Crippen molar-refractivity contribution in [3.8, 4) is 5.75 Å². The molecule has 2 unspecified atom stereocenters. The number of nitrogens with zero attached hydrogens (tertiary/aromatic N) is 1. The van der Waals surface area contributed by atoms with Crippen LogP contribution < -0.4 is 15.8 Å². The van der Waals surface area contributed by atoms with Crippen molar-refractivity contribution < 1.29 is 14.3 Å². The van der Waals surface area contributed by atoms with Gasteiger partial charge in [-0.1, -0.05) is 15.9 Å². The molecule has 1 saturated heterocycles. The van der Waals surface area contributed by atoms with E-state index in [9.17, 15) is 9.59 Å². The third kappa shape index (κ3) is 6.49. The summed E-state index contributed by atoms with van der Waals surface area (Å²) in [6.07, 6.45) is 1.02. The van der Waals surface area contributed by atoms with Gasteiger partial charge in [0.05, 0.1) is 5.92 Å². The smallest absolute Gasteiger partial charge is 0.263 e. The molecule has 0 aliphatic carbocycles. The molecule has 6 nitrogen and oxygen atoms in total. The molecule has 140 valence electrons. The topological polar surface area (TPSA) is 84.7 Å². The van der Waals surface area contributed by atoms with Crippen molar-refractivity contribution in [2.24, 2.45) is 11.7 Å². The van der Waals surface area contributed by atoms with E-state index in [2.05, 4.69) is 21.2 Å². The summed E-state index contributed by atoms with van der Waals surface area (Å²) in [4.78, 5) is 26.4. The van der Waals surface area contributed by atoms with Crippen molar-refractivity contribution >= 4 is 40.2 Å². The molecular weight excluding hydrogens is 410 g/mol. The van der Waals surface area contributed by atoms with Crippen LogP contribution in [0.15, 0.2) is 28.7 Å². The number of hydrogen-bond acceptors (Lipinski definition) is 4. The monoisotopic (exact) mass is 433 g/mol. The van der Waals surface area contributed by atoms with Gasteiger partial charge in [-0.25, -0.2) is 0 Å². The molecule has 0 aromatic heterocycles. The fourth-order valence-electron chi connectivity index (χ4n) is 2.76. The summed E-state index contributed by atoms with van der Waals surface area (Å²) in [5.41, 5.74) is 5.41. The summed E-state index contributed by atoms with van der Waals surface area (Å²) in [6.45, 7) is 3.71. The first kappa shape index (κ1) is 21.7. The maximum Gasteiger partial charge on any atom is 0.263 e. The zero-order valence-corrected chi connectivity index (χ0v) is 16.6. The number of nitrogens with one attached hydrogen (secondary N) is 1. The molecule has 1 aromatic carbocycles. The Labute approximate surface area is 163 Å². The van der Waals surface area contributed by atoms with E-state index in [1.54, 1.807) is 11.8 Å². The molecule has 1 aliphatic rings. The molecule has 2 amide bonds. The lowest BCUT2D eigenvalue weighted by molar-refractivity contribution is -0.141. The van der Waals surface area contributed by atoms with E-state index in [1.165, 1.54) is 0 Å². The number of nitrogens with two attached hydrogens (primary N) is 1. The fourth-order valence-corrected chi connectivity index (χ4v) is 3.02. The Hall–Kier alpha value is -1.31. The normalized spacial score (nSPS) is 18.0. The second-order valence-electron chi connectivity index (χ2n) is 5.92. The minimum absolute atomic E-state index is 0. The van der Waals surface area contributed by atoms with Crippen molar-refractivity contribution in [3.63, 3.8) is 0 Å². The van der Waals surface area contributed by atoms with Crippen LogP contribution in [0.1, 0.15) is 19.8 Å². The van der Waals surface area contributed by atoms with E-state index in [-0.39, 0.29) is 30.1 Å². The van der Waals surface area contributed by atoms with Crippen LogP contribution in [-0.4, -0.2) is 49.0 Å². The van der Waals surface area contributed by atoms with Crippen molar-refractivity contribution in [3.05, 3.63) is 28.7 Å². The molecule has 1 aliphatic heterocycles. The van der Waals surface area contributed by atoms with Gasteiger partial charge in [-0.3, -0.25) is 9.59 Å². The molecule has 2 rings (SSSR count).